The zero-order chi connectivity index (χ0) is 19.3. The lowest BCUT2D eigenvalue weighted by Gasteiger charge is -2.13. The maximum atomic E-state index is 12.3. The van der Waals surface area contributed by atoms with Gasteiger partial charge in [0.25, 0.3) is 17.5 Å². The van der Waals surface area contributed by atoms with E-state index in [-0.39, 0.29) is 54.6 Å². The van der Waals surface area contributed by atoms with E-state index in [1.54, 1.807) is 0 Å². The van der Waals surface area contributed by atoms with Crippen LogP contribution in [-0.4, -0.2) is 53.1 Å². The number of carbonyl (C=O) groups excluding carboxylic acids is 4. The van der Waals surface area contributed by atoms with Crippen LogP contribution in [0.5, 0.6) is 0 Å². The molecule has 2 rings (SSSR count). The smallest absolute Gasteiger partial charge is 0.270 e. The van der Waals surface area contributed by atoms with Crippen LogP contribution >= 0.6 is 0 Å². The summed E-state index contributed by atoms with van der Waals surface area (Å²) in [5.74, 6) is -1.57. The van der Waals surface area contributed by atoms with Gasteiger partial charge in [-0.3, -0.25) is 34.2 Å². The van der Waals surface area contributed by atoms with E-state index in [9.17, 15) is 29.3 Å². The van der Waals surface area contributed by atoms with Crippen molar-refractivity contribution in [2.24, 2.45) is 0 Å². The van der Waals surface area contributed by atoms with Crippen molar-refractivity contribution in [3.63, 3.8) is 0 Å². The molecular weight excluding hydrogens is 344 g/mol. The minimum absolute atomic E-state index is 0.00367. The molecule has 26 heavy (non-hydrogen) atoms. The monoisotopic (exact) mass is 362 g/mol. The summed E-state index contributed by atoms with van der Waals surface area (Å²) in [6.45, 7) is 2.02. The first-order valence-corrected chi connectivity index (χ1v) is 7.97. The molecule has 0 saturated carbocycles. The number of hydrogen-bond donors (Lipinski definition) is 2. The summed E-state index contributed by atoms with van der Waals surface area (Å²) in [6.07, 6.45) is 0.368. The lowest BCUT2D eigenvalue weighted by Crippen LogP contribution is -2.34. The van der Waals surface area contributed by atoms with Crippen LogP contribution in [-0.2, 0) is 9.59 Å². The third kappa shape index (κ3) is 4.41. The SMILES string of the molecule is CC(=O)NCCNC(=O)CCCN1C(=O)c2ccc([N+](=O)[O-])cc2C1=O. The Hall–Kier alpha value is -3.30. The molecule has 10 heteroatoms. The largest absolute Gasteiger partial charge is 0.355 e. The first-order valence-electron chi connectivity index (χ1n) is 7.97. The van der Waals surface area contributed by atoms with E-state index in [2.05, 4.69) is 10.6 Å². The van der Waals surface area contributed by atoms with Gasteiger partial charge in [-0.05, 0) is 12.5 Å². The van der Waals surface area contributed by atoms with Crippen molar-refractivity contribution >= 4 is 29.3 Å². The second kappa shape index (κ2) is 8.19. The summed E-state index contributed by atoms with van der Waals surface area (Å²) in [4.78, 5) is 58.0. The van der Waals surface area contributed by atoms with E-state index >= 15 is 0 Å². The molecule has 1 heterocycles. The number of nitro groups is 1. The first kappa shape index (κ1) is 19.0. The number of nitrogens with zero attached hydrogens (tertiary/aromatic N) is 2. The molecule has 4 amide bonds. The van der Waals surface area contributed by atoms with Gasteiger partial charge in [0, 0.05) is 45.1 Å². The number of hydrogen-bond acceptors (Lipinski definition) is 6. The molecular formula is C16H18N4O6. The third-order valence-corrected chi connectivity index (χ3v) is 3.77. The predicted molar refractivity (Wildman–Crippen MR) is 89.4 cm³/mol. The van der Waals surface area contributed by atoms with Crippen molar-refractivity contribution in [1.29, 1.82) is 0 Å². The molecule has 10 nitrogen and oxygen atoms in total. The van der Waals surface area contributed by atoms with E-state index in [1.807, 2.05) is 0 Å². The number of non-ortho nitro benzene ring substituents is 1. The Kier molecular flexibility index (Phi) is 5.99. The quantitative estimate of drug-likeness (QED) is 0.294. The summed E-state index contributed by atoms with van der Waals surface area (Å²) in [7, 11) is 0. The Morgan fingerprint density at radius 1 is 1.12 bits per heavy atom. The fraction of sp³-hybridized carbons (Fsp3) is 0.375. The number of rotatable bonds is 8. The number of benzene rings is 1. The van der Waals surface area contributed by atoms with Crippen LogP contribution in [0.25, 0.3) is 0 Å². The Bertz CT molecular complexity index is 776. The van der Waals surface area contributed by atoms with Crippen LogP contribution in [0, 0.1) is 10.1 Å². The fourth-order valence-corrected chi connectivity index (χ4v) is 2.52. The maximum absolute atomic E-state index is 12.3. The van der Waals surface area contributed by atoms with Gasteiger partial charge in [0.1, 0.15) is 0 Å². The van der Waals surface area contributed by atoms with Gasteiger partial charge in [-0.25, -0.2) is 0 Å². The lowest BCUT2D eigenvalue weighted by atomic mass is 10.1. The summed E-state index contributed by atoms with van der Waals surface area (Å²) in [5.41, 5.74) is -0.130. The number of fused-ring (bicyclic) bond motifs is 1. The van der Waals surface area contributed by atoms with Gasteiger partial charge in [-0.2, -0.15) is 0 Å². The molecule has 0 aliphatic carbocycles. The number of nitro benzene ring substituents is 1. The Balaban J connectivity index is 1.84. The van der Waals surface area contributed by atoms with E-state index in [0.29, 0.717) is 6.54 Å². The normalized spacial score (nSPS) is 12.7. The van der Waals surface area contributed by atoms with Crippen molar-refractivity contribution in [3.05, 3.63) is 39.4 Å². The molecule has 0 radical (unpaired) electrons. The number of imide groups is 1. The molecule has 1 aromatic rings. The summed E-state index contributed by atoms with van der Waals surface area (Å²) in [5, 5.41) is 15.9. The van der Waals surface area contributed by atoms with Gasteiger partial charge in [-0.15, -0.1) is 0 Å². The Morgan fingerprint density at radius 3 is 2.42 bits per heavy atom. The highest BCUT2D eigenvalue weighted by atomic mass is 16.6. The van der Waals surface area contributed by atoms with Gasteiger partial charge < -0.3 is 10.6 Å². The molecule has 1 aromatic carbocycles. The zero-order valence-corrected chi connectivity index (χ0v) is 14.1. The fourth-order valence-electron chi connectivity index (χ4n) is 2.52. The highest BCUT2D eigenvalue weighted by molar-refractivity contribution is 6.21. The average molecular weight is 362 g/mol. The third-order valence-electron chi connectivity index (χ3n) is 3.77. The summed E-state index contributed by atoms with van der Waals surface area (Å²) in [6, 6.07) is 3.53. The van der Waals surface area contributed by atoms with Crippen LogP contribution in [0.3, 0.4) is 0 Å². The van der Waals surface area contributed by atoms with Crippen LogP contribution in [0.15, 0.2) is 18.2 Å². The molecule has 2 N–H and O–H groups in total. The maximum Gasteiger partial charge on any atom is 0.270 e. The van der Waals surface area contributed by atoms with Crippen molar-refractivity contribution in [3.8, 4) is 0 Å². The molecule has 0 bridgehead atoms. The van der Waals surface area contributed by atoms with Gasteiger partial charge in [0.05, 0.1) is 16.1 Å². The lowest BCUT2D eigenvalue weighted by molar-refractivity contribution is -0.384. The molecule has 0 spiro atoms. The highest BCUT2D eigenvalue weighted by Crippen LogP contribution is 2.26. The first-order chi connectivity index (χ1) is 12.3. The second-order valence-corrected chi connectivity index (χ2v) is 5.69. The summed E-state index contributed by atoms with van der Waals surface area (Å²) >= 11 is 0. The molecule has 0 atom stereocenters. The van der Waals surface area contributed by atoms with E-state index in [4.69, 9.17) is 0 Å². The van der Waals surface area contributed by atoms with Crippen LogP contribution in [0.2, 0.25) is 0 Å². The molecule has 1 aliphatic rings. The minimum Gasteiger partial charge on any atom is -0.355 e. The molecule has 0 fully saturated rings. The minimum atomic E-state index is -0.633. The molecule has 0 unspecified atom stereocenters. The molecule has 1 aliphatic heterocycles. The number of amides is 4. The summed E-state index contributed by atoms with van der Waals surface area (Å²) < 4.78 is 0. The van der Waals surface area contributed by atoms with Crippen molar-refractivity contribution in [1.82, 2.24) is 15.5 Å². The van der Waals surface area contributed by atoms with Gasteiger partial charge in [-0.1, -0.05) is 0 Å². The molecule has 138 valence electrons. The van der Waals surface area contributed by atoms with Crippen molar-refractivity contribution in [2.45, 2.75) is 19.8 Å². The zero-order valence-electron chi connectivity index (χ0n) is 14.1. The van der Waals surface area contributed by atoms with E-state index < -0.39 is 16.7 Å². The Labute approximate surface area is 148 Å². The predicted octanol–water partition coefficient (Wildman–Crippen LogP) is 0.223. The topological polar surface area (TPSA) is 139 Å². The van der Waals surface area contributed by atoms with Crippen LogP contribution in [0.1, 0.15) is 40.5 Å². The van der Waals surface area contributed by atoms with E-state index in [1.165, 1.54) is 19.1 Å². The highest BCUT2D eigenvalue weighted by Gasteiger charge is 2.36. The van der Waals surface area contributed by atoms with Gasteiger partial charge >= 0.3 is 0 Å². The van der Waals surface area contributed by atoms with Crippen LogP contribution < -0.4 is 10.6 Å². The van der Waals surface area contributed by atoms with Crippen molar-refractivity contribution < 1.29 is 24.1 Å². The number of nitrogens with one attached hydrogen (secondary N) is 2. The van der Waals surface area contributed by atoms with E-state index in [0.717, 1.165) is 11.0 Å². The number of carbonyl (C=O) groups is 4. The van der Waals surface area contributed by atoms with Crippen LogP contribution in [0.4, 0.5) is 5.69 Å². The molecule has 0 saturated heterocycles. The van der Waals surface area contributed by atoms with Gasteiger partial charge in [0.2, 0.25) is 11.8 Å². The van der Waals surface area contributed by atoms with Crippen molar-refractivity contribution in [2.75, 3.05) is 19.6 Å². The Morgan fingerprint density at radius 2 is 1.77 bits per heavy atom. The average Bonchev–Trinajstić information content (AvgIpc) is 2.83. The standard InChI is InChI=1S/C16H18N4O6/c1-10(21)17-6-7-18-14(22)3-2-8-19-15(23)12-5-4-11(20(25)26)9-13(12)16(19)24/h4-5,9H,2-3,6-8H2,1H3,(H,17,21)(H,18,22). The molecule has 0 aromatic heterocycles. The van der Waals surface area contributed by atoms with Gasteiger partial charge in [0.15, 0.2) is 0 Å². The second-order valence-electron chi connectivity index (χ2n) is 5.69.